The van der Waals surface area contributed by atoms with Crippen LogP contribution < -0.4 is 11.3 Å². The first-order chi connectivity index (χ1) is 6.25. The number of carbonyl (C=O) groups is 1. The Kier molecular flexibility index (Phi) is 3.01. The monoisotopic (exact) mass is 236 g/mol. The SMILES string of the molecule is CC(C)(C)N1NC(=S)N(N)C(=O)C1Cl. The Morgan fingerprint density at radius 3 is 2.50 bits per heavy atom. The van der Waals surface area contributed by atoms with Crippen molar-refractivity contribution in [3.8, 4) is 0 Å². The summed E-state index contributed by atoms with van der Waals surface area (Å²) in [4.78, 5) is 11.5. The molecule has 0 spiro atoms. The molecule has 1 aliphatic heterocycles. The predicted molar refractivity (Wildman–Crippen MR) is 58.0 cm³/mol. The lowest BCUT2D eigenvalue weighted by molar-refractivity contribution is -0.136. The van der Waals surface area contributed by atoms with Gasteiger partial charge >= 0.3 is 0 Å². The van der Waals surface area contributed by atoms with E-state index in [1.165, 1.54) is 0 Å². The van der Waals surface area contributed by atoms with E-state index in [1.807, 2.05) is 20.8 Å². The largest absolute Gasteiger partial charge is 0.292 e. The second-order valence-corrected chi connectivity index (χ2v) is 4.80. The van der Waals surface area contributed by atoms with E-state index < -0.39 is 11.4 Å². The van der Waals surface area contributed by atoms with Crippen molar-refractivity contribution in [2.75, 3.05) is 0 Å². The summed E-state index contributed by atoms with van der Waals surface area (Å²) < 4.78 is 0. The topological polar surface area (TPSA) is 61.6 Å². The zero-order valence-electron chi connectivity index (χ0n) is 8.24. The minimum atomic E-state index is -0.841. The molecule has 0 radical (unpaired) electrons. The maximum atomic E-state index is 11.5. The number of amides is 1. The van der Waals surface area contributed by atoms with Crippen molar-refractivity contribution in [1.82, 2.24) is 15.4 Å². The third-order valence-electron chi connectivity index (χ3n) is 1.83. The van der Waals surface area contributed by atoms with Gasteiger partial charge in [-0.05, 0) is 33.0 Å². The predicted octanol–water partition coefficient (Wildman–Crippen LogP) is 0.157. The highest BCUT2D eigenvalue weighted by Crippen LogP contribution is 2.20. The molecular formula is C7H13ClN4OS. The van der Waals surface area contributed by atoms with Gasteiger partial charge in [-0.15, -0.1) is 0 Å². The molecule has 5 nitrogen and oxygen atoms in total. The van der Waals surface area contributed by atoms with Crippen LogP contribution in [0.1, 0.15) is 20.8 Å². The van der Waals surface area contributed by atoms with Gasteiger partial charge in [-0.1, -0.05) is 11.6 Å². The molecule has 0 aliphatic carbocycles. The van der Waals surface area contributed by atoms with Crippen LogP contribution in [0.3, 0.4) is 0 Å². The van der Waals surface area contributed by atoms with E-state index >= 15 is 0 Å². The van der Waals surface area contributed by atoms with Gasteiger partial charge in [0.25, 0.3) is 5.91 Å². The Hall–Kier alpha value is -0.430. The Balaban J connectivity index is 2.92. The molecule has 1 saturated heterocycles. The van der Waals surface area contributed by atoms with Gasteiger partial charge in [0.1, 0.15) is 0 Å². The van der Waals surface area contributed by atoms with Crippen LogP contribution >= 0.6 is 23.8 Å². The molecule has 0 saturated carbocycles. The van der Waals surface area contributed by atoms with Gasteiger partial charge in [0, 0.05) is 5.54 Å². The Bertz CT molecular complexity index is 277. The van der Waals surface area contributed by atoms with E-state index in [0.717, 1.165) is 5.01 Å². The lowest BCUT2D eigenvalue weighted by atomic mass is 10.1. The first-order valence-corrected chi connectivity index (χ1v) is 4.92. The highest BCUT2D eigenvalue weighted by molar-refractivity contribution is 7.80. The molecule has 1 amide bonds. The van der Waals surface area contributed by atoms with E-state index in [4.69, 9.17) is 29.7 Å². The summed E-state index contributed by atoms with van der Waals surface area (Å²) in [6.45, 7) is 5.74. The molecule has 1 aliphatic rings. The molecule has 3 N–H and O–H groups in total. The number of thiocarbonyl (C=S) groups is 1. The Morgan fingerprint density at radius 1 is 1.57 bits per heavy atom. The van der Waals surface area contributed by atoms with Crippen molar-refractivity contribution in [1.29, 1.82) is 0 Å². The summed E-state index contributed by atoms with van der Waals surface area (Å²) in [5, 5.41) is 2.57. The second kappa shape index (κ2) is 3.62. The van der Waals surface area contributed by atoms with Gasteiger partial charge < -0.3 is 0 Å². The first kappa shape index (κ1) is 11.6. The van der Waals surface area contributed by atoms with Crippen molar-refractivity contribution < 1.29 is 4.79 Å². The molecule has 80 valence electrons. The molecule has 1 heterocycles. The van der Waals surface area contributed by atoms with Crippen LogP contribution in [-0.4, -0.2) is 32.1 Å². The molecule has 1 atom stereocenters. The van der Waals surface area contributed by atoms with Crippen LogP contribution in [0.2, 0.25) is 0 Å². The van der Waals surface area contributed by atoms with Crippen LogP contribution in [0.4, 0.5) is 0 Å². The molecule has 7 heteroatoms. The van der Waals surface area contributed by atoms with Crippen molar-refractivity contribution >= 4 is 34.8 Å². The molecular weight excluding hydrogens is 224 g/mol. The molecule has 1 rings (SSSR count). The fourth-order valence-electron chi connectivity index (χ4n) is 1.05. The van der Waals surface area contributed by atoms with Crippen LogP contribution in [0.15, 0.2) is 0 Å². The molecule has 0 aromatic heterocycles. The van der Waals surface area contributed by atoms with E-state index in [1.54, 1.807) is 5.01 Å². The van der Waals surface area contributed by atoms with Crippen molar-refractivity contribution in [2.24, 2.45) is 5.84 Å². The molecule has 1 unspecified atom stereocenters. The Morgan fingerprint density at radius 2 is 2.07 bits per heavy atom. The van der Waals surface area contributed by atoms with Gasteiger partial charge in [0.15, 0.2) is 5.50 Å². The number of hydrogen-bond donors (Lipinski definition) is 2. The third-order valence-corrected chi connectivity index (χ3v) is 2.50. The van der Waals surface area contributed by atoms with Crippen molar-refractivity contribution in [2.45, 2.75) is 31.8 Å². The maximum absolute atomic E-state index is 11.5. The second-order valence-electron chi connectivity index (χ2n) is 4.00. The lowest BCUT2D eigenvalue weighted by Gasteiger charge is -2.43. The average Bonchev–Trinajstić information content (AvgIpc) is 2.06. The smallest absolute Gasteiger partial charge is 0.277 e. The minimum Gasteiger partial charge on any atom is -0.292 e. The molecule has 1 fully saturated rings. The maximum Gasteiger partial charge on any atom is 0.277 e. The van der Waals surface area contributed by atoms with Gasteiger partial charge in [-0.25, -0.2) is 10.9 Å². The number of nitrogens with one attached hydrogen (secondary N) is 1. The highest BCUT2D eigenvalue weighted by atomic mass is 35.5. The number of nitrogens with zero attached hydrogens (tertiary/aromatic N) is 2. The summed E-state index contributed by atoms with van der Waals surface area (Å²) in [7, 11) is 0. The summed E-state index contributed by atoms with van der Waals surface area (Å²) in [6.07, 6.45) is 0. The van der Waals surface area contributed by atoms with Gasteiger partial charge in [-0.2, -0.15) is 5.01 Å². The number of carbonyl (C=O) groups excluding carboxylic acids is 1. The van der Waals surface area contributed by atoms with Crippen LogP contribution in [0.5, 0.6) is 0 Å². The van der Waals surface area contributed by atoms with Crippen molar-refractivity contribution in [3.05, 3.63) is 0 Å². The van der Waals surface area contributed by atoms with Crippen LogP contribution in [-0.2, 0) is 4.79 Å². The number of halogens is 1. The zero-order chi connectivity index (χ0) is 11.1. The fourth-order valence-corrected chi connectivity index (χ4v) is 1.68. The minimum absolute atomic E-state index is 0.154. The fraction of sp³-hybridized carbons (Fsp3) is 0.714. The number of alkyl halides is 1. The summed E-state index contributed by atoms with van der Waals surface area (Å²) in [6, 6.07) is 0. The van der Waals surface area contributed by atoms with Gasteiger partial charge in [-0.3, -0.25) is 10.2 Å². The van der Waals surface area contributed by atoms with Crippen LogP contribution in [0.25, 0.3) is 0 Å². The number of rotatable bonds is 0. The zero-order valence-corrected chi connectivity index (χ0v) is 9.82. The van der Waals surface area contributed by atoms with E-state index in [-0.39, 0.29) is 10.7 Å². The van der Waals surface area contributed by atoms with E-state index in [0.29, 0.717) is 0 Å². The van der Waals surface area contributed by atoms with Crippen LogP contribution in [0, 0.1) is 0 Å². The van der Waals surface area contributed by atoms with Gasteiger partial charge in [0.2, 0.25) is 5.11 Å². The summed E-state index contributed by atoms with van der Waals surface area (Å²) >= 11 is 10.8. The molecule has 0 aromatic carbocycles. The molecule has 0 bridgehead atoms. The molecule has 14 heavy (non-hydrogen) atoms. The van der Waals surface area contributed by atoms with E-state index in [9.17, 15) is 4.79 Å². The average molecular weight is 237 g/mol. The summed E-state index contributed by atoms with van der Waals surface area (Å²) in [5.74, 6) is 4.96. The van der Waals surface area contributed by atoms with E-state index in [2.05, 4.69) is 5.43 Å². The van der Waals surface area contributed by atoms with Crippen molar-refractivity contribution in [3.63, 3.8) is 0 Å². The first-order valence-electron chi connectivity index (χ1n) is 4.08. The molecule has 0 aromatic rings. The van der Waals surface area contributed by atoms with Gasteiger partial charge in [0.05, 0.1) is 0 Å². The lowest BCUT2D eigenvalue weighted by Crippen LogP contribution is -2.69. The highest BCUT2D eigenvalue weighted by Gasteiger charge is 2.40. The summed E-state index contributed by atoms with van der Waals surface area (Å²) in [5.41, 5.74) is 1.65. The number of nitrogens with two attached hydrogens (primary N) is 1. The standard InChI is InChI=1S/C7H13ClN4OS/c1-7(2,3)12-4(8)5(13)11(9)6(14)10-12/h4H,9H2,1-3H3,(H,10,14). The number of hydrogen-bond acceptors (Lipinski definition) is 4. The number of hydrazine groups is 2. The third kappa shape index (κ3) is 1.98. The quantitative estimate of drug-likeness (QED) is 0.206. The Labute approximate surface area is 93.1 Å². The normalized spacial score (nSPS) is 25.2.